The number of carbonyl (C=O) groups excluding carboxylic acids is 1. The van der Waals surface area contributed by atoms with Crippen molar-refractivity contribution < 1.29 is 9.21 Å². The Balaban J connectivity index is 2.29. The van der Waals surface area contributed by atoms with Gasteiger partial charge in [0.15, 0.2) is 5.89 Å². The largest absolute Gasteiger partial charge is 0.436 e. The molecule has 0 aliphatic rings. The van der Waals surface area contributed by atoms with Gasteiger partial charge in [0.1, 0.15) is 0 Å². The number of rotatable bonds is 2. The highest BCUT2D eigenvalue weighted by atomic mass is 16.4. The van der Waals surface area contributed by atoms with Crippen molar-refractivity contribution >= 4 is 11.6 Å². The summed E-state index contributed by atoms with van der Waals surface area (Å²) in [5.74, 6) is 0.278. The number of nitrogens with one attached hydrogen (secondary N) is 1. The number of amides is 1. The molecular weight excluding hydrogens is 242 g/mol. The molecule has 0 fully saturated rings. The van der Waals surface area contributed by atoms with Crippen molar-refractivity contribution in [2.75, 3.05) is 5.32 Å². The number of benzene rings is 1. The van der Waals surface area contributed by atoms with Gasteiger partial charge in [0, 0.05) is 12.6 Å². The summed E-state index contributed by atoms with van der Waals surface area (Å²) in [7, 11) is 0. The fourth-order valence-corrected chi connectivity index (χ4v) is 1.75. The quantitative estimate of drug-likeness (QED) is 0.894. The molecule has 1 heterocycles. The molecule has 1 N–H and O–H groups in total. The topological polar surface area (TPSA) is 78.9 Å². The van der Waals surface area contributed by atoms with Gasteiger partial charge in [-0.1, -0.05) is 6.07 Å². The summed E-state index contributed by atoms with van der Waals surface area (Å²) in [5, 5.41) is 11.6. The maximum Gasteiger partial charge on any atom is 0.293 e. The Bertz CT molecular complexity index is 680. The molecule has 0 spiro atoms. The third-order valence-electron chi connectivity index (χ3n) is 2.72. The van der Waals surface area contributed by atoms with Gasteiger partial charge in [0.2, 0.25) is 5.76 Å². The Morgan fingerprint density at radius 2 is 2.11 bits per heavy atom. The zero-order valence-electron chi connectivity index (χ0n) is 10.9. The predicted molar refractivity (Wildman–Crippen MR) is 69.8 cm³/mol. The average molecular weight is 255 g/mol. The van der Waals surface area contributed by atoms with Crippen molar-refractivity contribution in [3.05, 3.63) is 46.7 Å². The van der Waals surface area contributed by atoms with E-state index in [9.17, 15) is 4.79 Å². The number of carbonyl (C=O) groups is 1. The molecule has 19 heavy (non-hydrogen) atoms. The summed E-state index contributed by atoms with van der Waals surface area (Å²) in [5.41, 5.74) is 2.51. The number of hydrogen-bond acceptors (Lipinski definition) is 4. The summed E-state index contributed by atoms with van der Waals surface area (Å²) in [6.45, 7) is 5.25. The van der Waals surface area contributed by atoms with Crippen LogP contribution in [0.5, 0.6) is 0 Å². The Hall–Kier alpha value is -2.61. The molecule has 0 saturated heterocycles. The maximum absolute atomic E-state index is 12.1. The molecule has 0 radical (unpaired) electrons. The maximum atomic E-state index is 12.1. The number of nitriles is 1. The highest BCUT2D eigenvalue weighted by Crippen LogP contribution is 2.18. The van der Waals surface area contributed by atoms with Crippen LogP contribution in [0.2, 0.25) is 0 Å². The lowest BCUT2D eigenvalue weighted by Gasteiger charge is -2.07. The second kappa shape index (κ2) is 4.94. The van der Waals surface area contributed by atoms with Crippen molar-refractivity contribution in [2.45, 2.75) is 20.8 Å². The smallest absolute Gasteiger partial charge is 0.293 e. The molecule has 5 nitrogen and oxygen atoms in total. The first-order valence-corrected chi connectivity index (χ1v) is 5.77. The lowest BCUT2D eigenvalue weighted by atomic mass is 10.1. The molecule has 0 bridgehead atoms. The van der Waals surface area contributed by atoms with Gasteiger partial charge >= 0.3 is 0 Å². The summed E-state index contributed by atoms with van der Waals surface area (Å²) >= 11 is 0. The molecule has 0 unspecified atom stereocenters. The van der Waals surface area contributed by atoms with Crippen LogP contribution in [0, 0.1) is 32.1 Å². The first-order valence-electron chi connectivity index (χ1n) is 5.77. The Kier molecular flexibility index (Phi) is 3.34. The van der Waals surface area contributed by atoms with Crippen LogP contribution in [0.15, 0.2) is 22.6 Å². The third-order valence-corrected chi connectivity index (χ3v) is 2.72. The number of aryl methyl sites for hydroxylation is 3. The van der Waals surface area contributed by atoms with Crippen LogP contribution >= 0.6 is 0 Å². The van der Waals surface area contributed by atoms with Gasteiger partial charge in [-0.15, -0.1) is 0 Å². The zero-order valence-corrected chi connectivity index (χ0v) is 10.9. The molecule has 1 aromatic carbocycles. The van der Waals surface area contributed by atoms with E-state index in [2.05, 4.69) is 10.3 Å². The number of nitrogens with zero attached hydrogens (tertiary/aromatic N) is 2. The van der Waals surface area contributed by atoms with Crippen molar-refractivity contribution in [1.82, 2.24) is 4.98 Å². The van der Waals surface area contributed by atoms with Gasteiger partial charge < -0.3 is 9.73 Å². The number of aromatic nitrogens is 1. The minimum atomic E-state index is -0.365. The molecule has 1 aromatic heterocycles. The second-order valence-electron chi connectivity index (χ2n) is 4.24. The highest BCUT2D eigenvalue weighted by Gasteiger charge is 2.16. The van der Waals surface area contributed by atoms with E-state index in [0.717, 1.165) is 5.56 Å². The van der Waals surface area contributed by atoms with E-state index in [0.29, 0.717) is 22.8 Å². The average Bonchev–Trinajstić information content (AvgIpc) is 2.71. The van der Waals surface area contributed by atoms with Crippen molar-refractivity contribution in [1.29, 1.82) is 5.26 Å². The molecule has 0 aliphatic carbocycles. The van der Waals surface area contributed by atoms with Crippen molar-refractivity contribution in [3.8, 4) is 6.07 Å². The molecule has 2 aromatic rings. The van der Waals surface area contributed by atoms with E-state index in [1.807, 2.05) is 13.0 Å². The fraction of sp³-hybridized carbons (Fsp3) is 0.214. The number of oxazole rings is 1. The van der Waals surface area contributed by atoms with Gasteiger partial charge in [0.25, 0.3) is 5.91 Å². The summed E-state index contributed by atoms with van der Waals surface area (Å²) in [6.07, 6.45) is 0. The minimum Gasteiger partial charge on any atom is -0.436 e. The Morgan fingerprint density at radius 3 is 2.68 bits per heavy atom. The molecule has 2 rings (SSSR count). The minimum absolute atomic E-state index is 0.194. The van der Waals surface area contributed by atoms with E-state index < -0.39 is 0 Å². The summed E-state index contributed by atoms with van der Waals surface area (Å²) < 4.78 is 5.26. The Labute approximate surface area is 110 Å². The number of hydrogen-bond donors (Lipinski definition) is 1. The van der Waals surface area contributed by atoms with Crippen LogP contribution in [-0.4, -0.2) is 10.9 Å². The van der Waals surface area contributed by atoms with E-state index in [-0.39, 0.29) is 11.7 Å². The van der Waals surface area contributed by atoms with Crippen LogP contribution in [0.3, 0.4) is 0 Å². The van der Waals surface area contributed by atoms with Crippen molar-refractivity contribution in [3.63, 3.8) is 0 Å². The van der Waals surface area contributed by atoms with E-state index >= 15 is 0 Å². The third kappa shape index (κ3) is 2.63. The van der Waals surface area contributed by atoms with Gasteiger partial charge in [-0.3, -0.25) is 4.79 Å². The van der Waals surface area contributed by atoms with Gasteiger partial charge in [0.05, 0.1) is 17.3 Å². The molecule has 0 atom stereocenters. The SMILES string of the molecule is Cc1nc(C)c(C(=O)Nc2cc(C#N)ccc2C)o1. The molecule has 5 heteroatoms. The van der Waals surface area contributed by atoms with Crippen LogP contribution in [0.25, 0.3) is 0 Å². The second-order valence-corrected chi connectivity index (χ2v) is 4.24. The normalized spacial score (nSPS) is 10.0. The van der Waals surface area contributed by atoms with Crippen LogP contribution in [0.1, 0.15) is 33.3 Å². The van der Waals surface area contributed by atoms with E-state index in [1.54, 1.807) is 32.0 Å². The molecule has 0 saturated carbocycles. The van der Waals surface area contributed by atoms with Gasteiger partial charge in [-0.25, -0.2) is 4.98 Å². The monoisotopic (exact) mass is 255 g/mol. The molecule has 1 amide bonds. The Morgan fingerprint density at radius 1 is 1.37 bits per heavy atom. The van der Waals surface area contributed by atoms with Gasteiger partial charge in [-0.2, -0.15) is 5.26 Å². The molecule has 0 aliphatic heterocycles. The van der Waals surface area contributed by atoms with Crippen LogP contribution < -0.4 is 5.32 Å². The molecular formula is C14H13N3O2. The highest BCUT2D eigenvalue weighted by molar-refractivity contribution is 6.03. The summed E-state index contributed by atoms with van der Waals surface area (Å²) in [4.78, 5) is 16.1. The summed E-state index contributed by atoms with van der Waals surface area (Å²) in [6, 6.07) is 7.15. The van der Waals surface area contributed by atoms with Crippen LogP contribution in [0.4, 0.5) is 5.69 Å². The zero-order chi connectivity index (χ0) is 14.0. The van der Waals surface area contributed by atoms with Gasteiger partial charge in [-0.05, 0) is 31.5 Å². The van der Waals surface area contributed by atoms with E-state index in [4.69, 9.17) is 9.68 Å². The number of anilines is 1. The molecule has 96 valence electrons. The first kappa shape index (κ1) is 12.8. The predicted octanol–water partition coefficient (Wildman–Crippen LogP) is 2.72. The van der Waals surface area contributed by atoms with Crippen LogP contribution in [-0.2, 0) is 0 Å². The lowest BCUT2D eigenvalue weighted by molar-refractivity contribution is 0.0994. The fourth-order valence-electron chi connectivity index (χ4n) is 1.75. The first-order chi connectivity index (χ1) is 9.01. The lowest BCUT2D eigenvalue weighted by Crippen LogP contribution is -2.13. The standard InChI is InChI=1S/C14H13N3O2/c1-8-4-5-11(7-15)6-12(8)17-14(18)13-9(2)16-10(3)19-13/h4-6H,1-3H3,(H,17,18). The van der Waals surface area contributed by atoms with E-state index in [1.165, 1.54) is 0 Å². The van der Waals surface area contributed by atoms with Crippen molar-refractivity contribution in [2.24, 2.45) is 0 Å².